The summed E-state index contributed by atoms with van der Waals surface area (Å²) in [4.78, 5) is 6.86. The van der Waals surface area contributed by atoms with Gasteiger partial charge in [-0.05, 0) is 61.1 Å². The molecule has 0 spiro atoms. The van der Waals surface area contributed by atoms with Gasteiger partial charge in [-0.15, -0.1) is 6.58 Å². The summed E-state index contributed by atoms with van der Waals surface area (Å²) < 4.78 is 5.35. The molecule has 3 aliphatic heterocycles. The summed E-state index contributed by atoms with van der Waals surface area (Å²) in [6, 6.07) is 7.96. The normalized spacial score (nSPS) is 30.2. The number of piperidine rings is 3. The Labute approximate surface area is 142 Å². The van der Waals surface area contributed by atoms with Crippen LogP contribution in [-0.4, -0.2) is 41.2 Å². The molecule has 1 aromatic carbocycles. The van der Waals surface area contributed by atoms with E-state index in [1.807, 2.05) is 24.3 Å². The maximum atomic E-state index is 11.2. The molecule has 4 nitrogen and oxygen atoms in total. The van der Waals surface area contributed by atoms with Crippen LogP contribution in [0.2, 0.25) is 0 Å². The lowest BCUT2D eigenvalue weighted by atomic mass is 9.73. The molecule has 24 heavy (non-hydrogen) atoms. The number of benzene rings is 1. The first kappa shape index (κ1) is 15.6. The first-order chi connectivity index (χ1) is 11.7. The highest BCUT2D eigenvalue weighted by Crippen LogP contribution is 2.42. The molecule has 2 bridgehead atoms. The fourth-order valence-electron chi connectivity index (χ4n) is 4.44. The van der Waals surface area contributed by atoms with Crippen LogP contribution in [-0.2, 0) is 0 Å². The summed E-state index contributed by atoms with van der Waals surface area (Å²) in [6.07, 6.45) is 5.62. The number of aromatic nitrogens is 1. The minimum absolute atomic E-state index is 0.178. The van der Waals surface area contributed by atoms with Gasteiger partial charge in [0.1, 0.15) is 5.75 Å². The fraction of sp³-hybridized carbons (Fsp3) is 0.450. The average Bonchev–Trinajstić information content (AvgIpc) is 2.66. The molecule has 2 aromatic rings. The Balaban J connectivity index is 1.69. The van der Waals surface area contributed by atoms with Gasteiger partial charge in [-0.2, -0.15) is 0 Å². The van der Waals surface area contributed by atoms with E-state index in [4.69, 9.17) is 4.74 Å². The smallest absolute Gasteiger partial charge is 0.119 e. The Hall–Kier alpha value is -1.91. The molecular formula is C20H24N2O2. The van der Waals surface area contributed by atoms with E-state index in [0.717, 1.165) is 41.7 Å². The summed E-state index contributed by atoms with van der Waals surface area (Å²) in [5.41, 5.74) is 1.85. The van der Waals surface area contributed by atoms with Crippen molar-refractivity contribution in [1.82, 2.24) is 9.88 Å². The monoisotopic (exact) mass is 324 g/mol. The molecule has 1 aromatic heterocycles. The first-order valence-corrected chi connectivity index (χ1v) is 8.68. The first-order valence-electron chi connectivity index (χ1n) is 8.68. The molecule has 5 rings (SSSR count). The van der Waals surface area contributed by atoms with E-state index in [1.54, 1.807) is 13.3 Å². The lowest BCUT2D eigenvalue weighted by molar-refractivity contribution is -0.0444. The highest BCUT2D eigenvalue weighted by Gasteiger charge is 2.42. The van der Waals surface area contributed by atoms with Crippen molar-refractivity contribution in [2.24, 2.45) is 11.8 Å². The van der Waals surface area contributed by atoms with Crippen molar-refractivity contribution < 1.29 is 9.84 Å². The van der Waals surface area contributed by atoms with E-state index in [0.29, 0.717) is 11.8 Å². The average molecular weight is 324 g/mol. The molecule has 0 aliphatic carbocycles. The molecule has 2 unspecified atom stereocenters. The van der Waals surface area contributed by atoms with E-state index < -0.39 is 6.10 Å². The van der Waals surface area contributed by atoms with Gasteiger partial charge in [0.15, 0.2) is 0 Å². The topological polar surface area (TPSA) is 45.6 Å². The van der Waals surface area contributed by atoms with Crippen LogP contribution in [0, 0.1) is 11.8 Å². The minimum Gasteiger partial charge on any atom is -0.497 e. The number of ether oxygens (including phenoxy) is 1. The van der Waals surface area contributed by atoms with Crippen molar-refractivity contribution in [2.45, 2.75) is 25.0 Å². The van der Waals surface area contributed by atoms with E-state index in [-0.39, 0.29) is 6.04 Å². The van der Waals surface area contributed by atoms with E-state index in [1.165, 1.54) is 6.42 Å². The third-order valence-corrected chi connectivity index (χ3v) is 5.82. The summed E-state index contributed by atoms with van der Waals surface area (Å²) in [5.74, 6) is 2.01. The van der Waals surface area contributed by atoms with Crippen LogP contribution in [0.4, 0.5) is 0 Å². The molecule has 3 aliphatic rings. The molecule has 4 heteroatoms. The van der Waals surface area contributed by atoms with Crippen LogP contribution >= 0.6 is 0 Å². The quantitative estimate of drug-likeness (QED) is 0.878. The van der Waals surface area contributed by atoms with Gasteiger partial charge in [-0.25, -0.2) is 0 Å². The number of hydrogen-bond acceptors (Lipinski definition) is 4. The van der Waals surface area contributed by atoms with Crippen LogP contribution in [0.5, 0.6) is 5.75 Å². The lowest BCUT2D eigenvalue weighted by Gasteiger charge is -2.50. The van der Waals surface area contributed by atoms with Gasteiger partial charge in [-0.1, -0.05) is 6.08 Å². The molecular weight excluding hydrogens is 300 g/mol. The van der Waals surface area contributed by atoms with Crippen molar-refractivity contribution in [2.75, 3.05) is 20.2 Å². The predicted molar refractivity (Wildman–Crippen MR) is 95.0 cm³/mol. The lowest BCUT2D eigenvalue weighted by Crippen LogP contribution is -2.54. The molecule has 3 saturated heterocycles. The van der Waals surface area contributed by atoms with Gasteiger partial charge in [0.05, 0.1) is 18.7 Å². The van der Waals surface area contributed by atoms with Crippen LogP contribution in [0.25, 0.3) is 10.9 Å². The molecule has 5 atom stereocenters. The number of pyridine rings is 1. The van der Waals surface area contributed by atoms with Gasteiger partial charge in [0, 0.05) is 24.2 Å². The van der Waals surface area contributed by atoms with Crippen LogP contribution in [0.3, 0.4) is 0 Å². The van der Waals surface area contributed by atoms with Crippen molar-refractivity contribution in [1.29, 1.82) is 0 Å². The predicted octanol–water partition coefficient (Wildman–Crippen LogP) is 3.17. The third kappa shape index (κ3) is 2.50. The van der Waals surface area contributed by atoms with E-state index >= 15 is 0 Å². The van der Waals surface area contributed by atoms with Crippen molar-refractivity contribution >= 4 is 10.9 Å². The number of fused-ring (bicyclic) bond motifs is 4. The number of hydrogen-bond donors (Lipinski definition) is 1. The minimum atomic E-state index is -0.504. The molecule has 0 radical (unpaired) electrons. The Morgan fingerprint density at radius 3 is 3.00 bits per heavy atom. The van der Waals surface area contributed by atoms with Crippen molar-refractivity contribution in [3.8, 4) is 5.75 Å². The second-order valence-corrected chi connectivity index (χ2v) is 6.97. The summed E-state index contributed by atoms with van der Waals surface area (Å²) in [5, 5.41) is 12.1. The summed E-state index contributed by atoms with van der Waals surface area (Å²) in [7, 11) is 1.66. The molecule has 0 saturated carbocycles. The maximum Gasteiger partial charge on any atom is 0.119 e. The second-order valence-electron chi connectivity index (χ2n) is 6.97. The highest BCUT2D eigenvalue weighted by atomic mass is 16.5. The molecule has 4 heterocycles. The fourth-order valence-corrected chi connectivity index (χ4v) is 4.44. The summed E-state index contributed by atoms with van der Waals surface area (Å²) in [6.45, 7) is 6.07. The van der Waals surface area contributed by atoms with E-state index in [9.17, 15) is 5.11 Å². The zero-order valence-electron chi connectivity index (χ0n) is 14.1. The molecule has 126 valence electrons. The third-order valence-electron chi connectivity index (χ3n) is 5.82. The molecule has 1 N–H and O–H groups in total. The van der Waals surface area contributed by atoms with Crippen LogP contribution < -0.4 is 4.74 Å². The Morgan fingerprint density at radius 1 is 1.42 bits per heavy atom. The largest absolute Gasteiger partial charge is 0.497 e. The second kappa shape index (κ2) is 6.19. The van der Waals surface area contributed by atoms with Gasteiger partial charge >= 0.3 is 0 Å². The SMILES string of the molecule is C=C[C@H]1CN2CC[C@H]1CC2[C@H](O)c1ccnc2ccc(OC)cc12. The van der Waals surface area contributed by atoms with Gasteiger partial charge in [-0.3, -0.25) is 9.88 Å². The number of nitrogens with zero attached hydrogens (tertiary/aromatic N) is 2. The van der Waals surface area contributed by atoms with Crippen molar-refractivity contribution in [3.05, 3.63) is 48.7 Å². The Morgan fingerprint density at radius 2 is 2.29 bits per heavy atom. The van der Waals surface area contributed by atoms with Crippen LogP contribution in [0.1, 0.15) is 24.5 Å². The highest BCUT2D eigenvalue weighted by molar-refractivity contribution is 5.83. The zero-order valence-corrected chi connectivity index (χ0v) is 14.1. The number of aliphatic hydroxyl groups is 1. The zero-order chi connectivity index (χ0) is 16.7. The van der Waals surface area contributed by atoms with Gasteiger partial charge in [0.2, 0.25) is 0 Å². The van der Waals surface area contributed by atoms with Gasteiger partial charge < -0.3 is 9.84 Å². The number of rotatable bonds is 4. The Kier molecular flexibility index (Phi) is 4.02. The van der Waals surface area contributed by atoms with Crippen LogP contribution in [0.15, 0.2) is 43.1 Å². The van der Waals surface area contributed by atoms with Crippen molar-refractivity contribution in [3.63, 3.8) is 0 Å². The Bertz CT molecular complexity index is 760. The standard InChI is InChI=1S/C20H24N2O2/c1-3-13-12-22-9-7-14(13)10-19(22)20(23)16-6-8-21-18-5-4-15(24-2)11-17(16)18/h3-6,8,11,13-14,19-20,23H,1,7,9-10,12H2,2H3/t13-,14-,19?,20+/m0/s1. The maximum absolute atomic E-state index is 11.2. The number of aliphatic hydroxyl groups excluding tert-OH is 1. The molecule has 3 fully saturated rings. The molecule has 0 amide bonds. The van der Waals surface area contributed by atoms with E-state index in [2.05, 4.69) is 22.5 Å². The number of methoxy groups -OCH3 is 1. The van der Waals surface area contributed by atoms with Gasteiger partial charge in [0.25, 0.3) is 0 Å². The summed E-state index contributed by atoms with van der Waals surface area (Å²) >= 11 is 0.